The van der Waals surface area contributed by atoms with Gasteiger partial charge in [-0.2, -0.15) is 0 Å². The van der Waals surface area contributed by atoms with Crippen LogP contribution in [0, 0.1) is 0 Å². The number of alkyl carbamates (subject to hydrolysis) is 1. The highest BCUT2D eigenvalue weighted by Gasteiger charge is 2.29. The molecule has 0 radical (unpaired) electrons. The Balaban J connectivity index is 2.34. The summed E-state index contributed by atoms with van der Waals surface area (Å²) < 4.78 is 5.26. The second-order valence-corrected chi connectivity index (χ2v) is 7.40. The number of carbonyl (C=O) groups excluding carboxylic acids is 2. The number of carbonyl (C=O) groups is 2. The van der Waals surface area contributed by atoms with E-state index in [9.17, 15) is 9.59 Å². The number of nitrogens with one attached hydrogen (secondary N) is 3. The Labute approximate surface area is 133 Å². The predicted molar refractivity (Wildman–Crippen MR) is 86.7 cm³/mol. The molecule has 1 rings (SSSR count). The molecule has 6 nitrogen and oxygen atoms in total. The van der Waals surface area contributed by atoms with E-state index in [2.05, 4.69) is 16.0 Å². The van der Waals surface area contributed by atoms with Gasteiger partial charge in [-0.05, 0) is 60.8 Å². The van der Waals surface area contributed by atoms with Crippen molar-refractivity contribution in [2.24, 2.45) is 0 Å². The Morgan fingerprint density at radius 3 is 2.23 bits per heavy atom. The van der Waals surface area contributed by atoms with Crippen molar-refractivity contribution in [3.63, 3.8) is 0 Å². The average Bonchev–Trinajstić information content (AvgIpc) is 2.72. The largest absolute Gasteiger partial charge is 0.444 e. The molecular formula is C16H31N3O3. The molecule has 0 saturated heterocycles. The van der Waals surface area contributed by atoms with Crippen molar-refractivity contribution < 1.29 is 14.3 Å². The third-order valence-corrected chi connectivity index (χ3v) is 3.46. The second-order valence-electron chi connectivity index (χ2n) is 7.40. The molecule has 128 valence electrons. The summed E-state index contributed by atoms with van der Waals surface area (Å²) in [5.41, 5.74) is -0.482. The smallest absolute Gasteiger partial charge is 0.407 e. The minimum Gasteiger partial charge on any atom is -0.444 e. The van der Waals surface area contributed by atoms with Gasteiger partial charge in [-0.25, -0.2) is 4.79 Å². The molecule has 1 fully saturated rings. The third kappa shape index (κ3) is 7.11. The zero-order valence-corrected chi connectivity index (χ0v) is 14.7. The van der Waals surface area contributed by atoms with Gasteiger partial charge in [-0.15, -0.1) is 0 Å². The first kappa shape index (κ1) is 18.7. The van der Waals surface area contributed by atoms with Crippen LogP contribution in [0.3, 0.4) is 0 Å². The van der Waals surface area contributed by atoms with Gasteiger partial charge >= 0.3 is 6.09 Å². The van der Waals surface area contributed by atoms with Crippen molar-refractivity contribution in [1.82, 2.24) is 16.0 Å². The molecule has 22 heavy (non-hydrogen) atoms. The SMILES string of the molecule is CC(C)NC(=O)C(C)NC1CCC(NC(=O)OC(C)(C)C)C1. The number of rotatable bonds is 5. The summed E-state index contributed by atoms with van der Waals surface area (Å²) in [5.74, 6) is 0.0125. The van der Waals surface area contributed by atoms with E-state index in [0.717, 1.165) is 19.3 Å². The van der Waals surface area contributed by atoms with Gasteiger partial charge < -0.3 is 20.7 Å². The molecule has 2 amide bonds. The van der Waals surface area contributed by atoms with Crippen LogP contribution in [0.1, 0.15) is 60.8 Å². The van der Waals surface area contributed by atoms with E-state index in [1.54, 1.807) is 0 Å². The van der Waals surface area contributed by atoms with E-state index < -0.39 is 5.60 Å². The Morgan fingerprint density at radius 1 is 1.09 bits per heavy atom. The van der Waals surface area contributed by atoms with Crippen LogP contribution in [0.5, 0.6) is 0 Å². The quantitative estimate of drug-likeness (QED) is 0.724. The van der Waals surface area contributed by atoms with E-state index in [1.807, 2.05) is 41.5 Å². The summed E-state index contributed by atoms with van der Waals surface area (Å²) in [6.45, 7) is 11.3. The summed E-state index contributed by atoms with van der Waals surface area (Å²) >= 11 is 0. The second kappa shape index (κ2) is 7.81. The van der Waals surface area contributed by atoms with Gasteiger partial charge in [-0.1, -0.05) is 0 Å². The summed E-state index contributed by atoms with van der Waals surface area (Å²) in [7, 11) is 0. The molecule has 3 atom stereocenters. The monoisotopic (exact) mass is 313 g/mol. The molecular weight excluding hydrogens is 282 g/mol. The fraction of sp³-hybridized carbons (Fsp3) is 0.875. The molecule has 1 saturated carbocycles. The van der Waals surface area contributed by atoms with E-state index >= 15 is 0 Å². The first-order valence-electron chi connectivity index (χ1n) is 8.12. The Kier molecular flexibility index (Phi) is 6.66. The van der Waals surface area contributed by atoms with Crippen LogP contribution in [-0.2, 0) is 9.53 Å². The number of hydrogen-bond donors (Lipinski definition) is 3. The molecule has 0 aromatic heterocycles. The molecule has 1 aliphatic carbocycles. The Morgan fingerprint density at radius 2 is 1.68 bits per heavy atom. The molecule has 0 aromatic rings. The fourth-order valence-corrected chi connectivity index (χ4v) is 2.58. The lowest BCUT2D eigenvalue weighted by atomic mass is 10.2. The van der Waals surface area contributed by atoms with E-state index in [-0.39, 0.29) is 36.2 Å². The highest BCUT2D eigenvalue weighted by atomic mass is 16.6. The zero-order chi connectivity index (χ0) is 16.9. The lowest BCUT2D eigenvalue weighted by Gasteiger charge is -2.22. The van der Waals surface area contributed by atoms with Gasteiger partial charge in [-0.3, -0.25) is 4.79 Å². The van der Waals surface area contributed by atoms with Crippen molar-refractivity contribution >= 4 is 12.0 Å². The van der Waals surface area contributed by atoms with Crippen LogP contribution in [0.2, 0.25) is 0 Å². The number of ether oxygens (including phenoxy) is 1. The molecule has 0 bridgehead atoms. The zero-order valence-electron chi connectivity index (χ0n) is 14.7. The maximum atomic E-state index is 11.9. The summed E-state index contributed by atoms with van der Waals surface area (Å²) in [6, 6.07) is 0.259. The van der Waals surface area contributed by atoms with E-state index in [0.29, 0.717) is 0 Å². The van der Waals surface area contributed by atoms with Crippen LogP contribution in [0.25, 0.3) is 0 Å². The first-order chi connectivity index (χ1) is 10.1. The Bertz CT molecular complexity index is 391. The normalized spacial score (nSPS) is 23.2. The standard InChI is InChI=1S/C16H31N3O3/c1-10(2)17-14(20)11(3)18-12-7-8-13(9-12)19-15(21)22-16(4,5)6/h10-13,18H,7-9H2,1-6H3,(H,17,20)(H,19,21). The third-order valence-electron chi connectivity index (χ3n) is 3.46. The molecule has 0 aliphatic heterocycles. The molecule has 0 aromatic carbocycles. The van der Waals surface area contributed by atoms with Crippen LogP contribution in [0.4, 0.5) is 4.79 Å². The van der Waals surface area contributed by atoms with Crippen LogP contribution in [0.15, 0.2) is 0 Å². The number of hydrogen-bond acceptors (Lipinski definition) is 4. The van der Waals surface area contributed by atoms with Crippen LogP contribution >= 0.6 is 0 Å². The van der Waals surface area contributed by atoms with Crippen molar-refractivity contribution in [3.8, 4) is 0 Å². The molecule has 6 heteroatoms. The van der Waals surface area contributed by atoms with E-state index in [4.69, 9.17) is 4.74 Å². The minimum atomic E-state index is -0.482. The topological polar surface area (TPSA) is 79.5 Å². The predicted octanol–water partition coefficient (Wildman–Crippen LogP) is 1.93. The van der Waals surface area contributed by atoms with Gasteiger partial charge in [0, 0.05) is 18.1 Å². The highest BCUT2D eigenvalue weighted by Crippen LogP contribution is 2.20. The van der Waals surface area contributed by atoms with Gasteiger partial charge in [0.25, 0.3) is 0 Å². The summed E-state index contributed by atoms with van der Waals surface area (Å²) in [4.78, 5) is 23.6. The molecule has 1 aliphatic rings. The maximum Gasteiger partial charge on any atom is 0.407 e. The summed E-state index contributed by atoms with van der Waals surface area (Å²) in [5, 5.41) is 9.12. The van der Waals surface area contributed by atoms with Crippen LogP contribution < -0.4 is 16.0 Å². The van der Waals surface area contributed by atoms with Crippen LogP contribution in [-0.4, -0.2) is 41.8 Å². The fourth-order valence-electron chi connectivity index (χ4n) is 2.58. The highest BCUT2D eigenvalue weighted by molar-refractivity contribution is 5.81. The lowest BCUT2D eigenvalue weighted by molar-refractivity contribution is -0.123. The average molecular weight is 313 g/mol. The maximum absolute atomic E-state index is 11.9. The molecule has 3 unspecified atom stereocenters. The van der Waals surface area contributed by atoms with Crippen molar-refractivity contribution in [1.29, 1.82) is 0 Å². The first-order valence-corrected chi connectivity index (χ1v) is 8.12. The van der Waals surface area contributed by atoms with Gasteiger partial charge in [0.15, 0.2) is 0 Å². The number of amides is 2. The summed E-state index contributed by atoms with van der Waals surface area (Å²) in [6.07, 6.45) is 2.29. The Hall–Kier alpha value is -1.30. The minimum absolute atomic E-state index is 0.0125. The van der Waals surface area contributed by atoms with Gasteiger partial charge in [0.2, 0.25) is 5.91 Å². The van der Waals surface area contributed by atoms with Gasteiger partial charge in [0.05, 0.1) is 6.04 Å². The molecule has 3 N–H and O–H groups in total. The van der Waals surface area contributed by atoms with Gasteiger partial charge in [0.1, 0.15) is 5.60 Å². The van der Waals surface area contributed by atoms with Crippen molar-refractivity contribution in [3.05, 3.63) is 0 Å². The van der Waals surface area contributed by atoms with Crippen molar-refractivity contribution in [2.45, 2.75) is 90.6 Å². The molecule has 0 spiro atoms. The lowest BCUT2D eigenvalue weighted by Crippen LogP contribution is -2.48. The van der Waals surface area contributed by atoms with E-state index in [1.165, 1.54) is 0 Å². The molecule has 0 heterocycles. The van der Waals surface area contributed by atoms with Crippen molar-refractivity contribution in [2.75, 3.05) is 0 Å².